The molecule has 2 aromatic rings. The van der Waals surface area contributed by atoms with Gasteiger partial charge in [0.1, 0.15) is 6.61 Å². The van der Waals surface area contributed by atoms with E-state index < -0.39 is 0 Å². The van der Waals surface area contributed by atoms with E-state index in [1.165, 1.54) is 12.0 Å². The fourth-order valence-electron chi connectivity index (χ4n) is 3.22. The number of ether oxygens (including phenoxy) is 1. The number of hydrogen-bond acceptors (Lipinski definition) is 5. The maximum absolute atomic E-state index is 8.89. The van der Waals surface area contributed by atoms with E-state index >= 15 is 0 Å². The molecule has 0 saturated carbocycles. The quantitative estimate of drug-likeness (QED) is 0.847. The number of likely N-dealkylation sites (tertiary alicyclic amines) is 1. The first-order valence-electron chi connectivity index (χ1n) is 8.30. The van der Waals surface area contributed by atoms with Gasteiger partial charge >= 0.3 is 0 Å². The molecule has 24 heavy (non-hydrogen) atoms. The van der Waals surface area contributed by atoms with Gasteiger partial charge in [-0.25, -0.2) is 9.97 Å². The van der Waals surface area contributed by atoms with Crippen LogP contribution in [0.25, 0.3) is 0 Å². The molecule has 0 bridgehead atoms. The number of piperidine rings is 1. The lowest BCUT2D eigenvalue weighted by atomic mass is 9.94. The molecule has 0 aliphatic carbocycles. The fourth-order valence-corrected chi connectivity index (χ4v) is 3.22. The molecule has 1 aromatic carbocycles. The van der Waals surface area contributed by atoms with Crippen LogP contribution in [0.4, 0.5) is 0 Å². The Kier molecular flexibility index (Phi) is 5.52. The maximum Gasteiger partial charge on any atom is 0.154 e. The van der Waals surface area contributed by atoms with E-state index in [1.807, 2.05) is 36.5 Å². The topological polar surface area (TPSA) is 62.0 Å². The van der Waals surface area contributed by atoms with Crippen LogP contribution in [0.2, 0.25) is 0 Å². The molecule has 0 unspecified atom stereocenters. The third-order valence-corrected chi connectivity index (χ3v) is 4.41. The molecule has 1 saturated heterocycles. The minimum absolute atomic E-state index is 0.440. The minimum atomic E-state index is 0.440. The first kappa shape index (κ1) is 16.6. The van der Waals surface area contributed by atoms with Gasteiger partial charge in [-0.2, -0.15) is 5.26 Å². The van der Waals surface area contributed by atoms with Crippen LogP contribution in [0.15, 0.2) is 36.5 Å². The summed E-state index contributed by atoms with van der Waals surface area (Å²) in [7, 11) is 1.66. The van der Waals surface area contributed by atoms with Crippen molar-refractivity contribution in [3.8, 4) is 6.07 Å². The average Bonchev–Trinajstić information content (AvgIpc) is 2.63. The van der Waals surface area contributed by atoms with Crippen molar-refractivity contribution in [1.82, 2.24) is 14.9 Å². The van der Waals surface area contributed by atoms with Crippen molar-refractivity contribution >= 4 is 0 Å². The molecule has 5 heteroatoms. The Balaban J connectivity index is 1.65. The van der Waals surface area contributed by atoms with Gasteiger partial charge in [-0.15, -0.1) is 0 Å². The Labute approximate surface area is 142 Å². The second-order valence-electron chi connectivity index (χ2n) is 6.21. The molecule has 1 fully saturated rings. The second-order valence-corrected chi connectivity index (χ2v) is 6.21. The van der Waals surface area contributed by atoms with Crippen LogP contribution in [0, 0.1) is 11.3 Å². The largest absolute Gasteiger partial charge is 0.377 e. The minimum Gasteiger partial charge on any atom is -0.377 e. The van der Waals surface area contributed by atoms with Crippen molar-refractivity contribution in [2.45, 2.75) is 31.9 Å². The van der Waals surface area contributed by atoms with Crippen LogP contribution < -0.4 is 0 Å². The van der Waals surface area contributed by atoms with E-state index in [9.17, 15) is 0 Å². The van der Waals surface area contributed by atoms with Gasteiger partial charge in [0.25, 0.3) is 0 Å². The highest BCUT2D eigenvalue weighted by Crippen LogP contribution is 2.26. The van der Waals surface area contributed by atoms with Gasteiger partial charge in [-0.05, 0) is 43.1 Å². The molecule has 0 spiro atoms. The average molecular weight is 322 g/mol. The van der Waals surface area contributed by atoms with Crippen LogP contribution >= 0.6 is 0 Å². The second kappa shape index (κ2) is 8.00. The van der Waals surface area contributed by atoms with Crippen molar-refractivity contribution in [2.75, 3.05) is 20.2 Å². The Morgan fingerprint density at radius 2 is 2.12 bits per heavy atom. The predicted molar refractivity (Wildman–Crippen MR) is 91.2 cm³/mol. The Hall–Kier alpha value is -2.29. The predicted octanol–water partition coefficient (Wildman–Crippen LogP) is 2.87. The van der Waals surface area contributed by atoms with E-state index in [0.717, 1.165) is 37.6 Å². The van der Waals surface area contributed by atoms with Gasteiger partial charge in [0.15, 0.2) is 5.82 Å². The summed E-state index contributed by atoms with van der Waals surface area (Å²) in [6, 6.07) is 12.1. The van der Waals surface area contributed by atoms with Gasteiger partial charge in [-0.1, -0.05) is 12.1 Å². The number of aromatic nitrogens is 2. The fraction of sp³-hybridized carbons (Fsp3) is 0.421. The molecule has 0 N–H and O–H groups in total. The SMILES string of the molecule is COCc1nccc([C@@H]2CCCN(Cc3ccc(C#N)cc3)C2)n1. The highest BCUT2D eigenvalue weighted by molar-refractivity contribution is 5.31. The molecule has 1 aromatic heterocycles. The third-order valence-electron chi connectivity index (χ3n) is 4.41. The Morgan fingerprint density at radius 1 is 1.29 bits per heavy atom. The normalized spacial score (nSPS) is 18.2. The summed E-state index contributed by atoms with van der Waals surface area (Å²) in [4.78, 5) is 11.4. The zero-order valence-electron chi connectivity index (χ0n) is 14.0. The number of nitrogens with zero attached hydrogens (tertiary/aromatic N) is 4. The van der Waals surface area contributed by atoms with Crippen LogP contribution in [-0.2, 0) is 17.9 Å². The molecule has 1 aliphatic heterocycles. The van der Waals surface area contributed by atoms with Gasteiger partial charge in [0, 0.05) is 38.0 Å². The molecule has 124 valence electrons. The maximum atomic E-state index is 8.89. The van der Waals surface area contributed by atoms with E-state index in [4.69, 9.17) is 10.00 Å². The van der Waals surface area contributed by atoms with E-state index in [-0.39, 0.29) is 0 Å². The summed E-state index contributed by atoms with van der Waals surface area (Å²) in [5.41, 5.74) is 3.07. The highest BCUT2D eigenvalue weighted by Gasteiger charge is 2.22. The van der Waals surface area contributed by atoms with Crippen molar-refractivity contribution in [3.05, 3.63) is 59.2 Å². The lowest BCUT2D eigenvalue weighted by Crippen LogP contribution is -2.34. The number of benzene rings is 1. The lowest BCUT2D eigenvalue weighted by molar-refractivity contribution is 0.176. The standard InChI is InChI=1S/C19H22N4O/c1-24-14-19-21-9-8-18(22-19)17-3-2-10-23(13-17)12-16-6-4-15(11-20)5-7-16/h4-9,17H,2-3,10,12-14H2,1H3/t17-/m1/s1. The summed E-state index contributed by atoms with van der Waals surface area (Å²) in [6.45, 7) is 3.48. The van der Waals surface area contributed by atoms with Crippen molar-refractivity contribution in [1.29, 1.82) is 5.26 Å². The Bertz CT molecular complexity index is 708. The molecule has 2 heterocycles. The number of rotatable bonds is 5. The molecule has 3 rings (SSSR count). The molecule has 1 atom stereocenters. The van der Waals surface area contributed by atoms with Gasteiger partial charge in [-0.3, -0.25) is 4.90 Å². The van der Waals surface area contributed by atoms with Crippen LogP contribution in [0.5, 0.6) is 0 Å². The molecule has 1 aliphatic rings. The van der Waals surface area contributed by atoms with Crippen molar-refractivity contribution in [3.63, 3.8) is 0 Å². The summed E-state index contributed by atoms with van der Waals surface area (Å²) >= 11 is 0. The molecule has 0 amide bonds. The number of methoxy groups -OCH3 is 1. The summed E-state index contributed by atoms with van der Waals surface area (Å²) in [5, 5.41) is 8.89. The zero-order valence-corrected chi connectivity index (χ0v) is 14.0. The van der Waals surface area contributed by atoms with Crippen LogP contribution in [-0.4, -0.2) is 35.1 Å². The van der Waals surface area contributed by atoms with Gasteiger partial charge < -0.3 is 4.74 Å². The van der Waals surface area contributed by atoms with Crippen molar-refractivity contribution < 1.29 is 4.74 Å². The van der Waals surface area contributed by atoms with Crippen LogP contribution in [0.3, 0.4) is 0 Å². The lowest BCUT2D eigenvalue weighted by Gasteiger charge is -2.32. The number of nitriles is 1. The first-order valence-corrected chi connectivity index (χ1v) is 8.30. The molecule has 0 radical (unpaired) electrons. The molecular formula is C19H22N4O. The Morgan fingerprint density at radius 3 is 2.88 bits per heavy atom. The van der Waals surface area contributed by atoms with Gasteiger partial charge in [0.05, 0.1) is 11.6 Å². The zero-order chi connectivity index (χ0) is 16.8. The van der Waals surface area contributed by atoms with E-state index in [0.29, 0.717) is 18.1 Å². The monoisotopic (exact) mass is 322 g/mol. The van der Waals surface area contributed by atoms with Crippen molar-refractivity contribution in [2.24, 2.45) is 0 Å². The third kappa shape index (κ3) is 4.16. The highest BCUT2D eigenvalue weighted by atomic mass is 16.5. The van der Waals surface area contributed by atoms with E-state index in [1.54, 1.807) is 7.11 Å². The first-order chi connectivity index (χ1) is 11.8. The van der Waals surface area contributed by atoms with Crippen LogP contribution in [0.1, 0.15) is 41.4 Å². The number of hydrogen-bond donors (Lipinski definition) is 0. The summed E-state index contributed by atoms with van der Waals surface area (Å²) in [6.07, 6.45) is 4.16. The smallest absolute Gasteiger partial charge is 0.154 e. The molecule has 5 nitrogen and oxygen atoms in total. The van der Waals surface area contributed by atoms with Gasteiger partial charge in [0.2, 0.25) is 0 Å². The van der Waals surface area contributed by atoms with E-state index in [2.05, 4.69) is 20.9 Å². The summed E-state index contributed by atoms with van der Waals surface area (Å²) < 4.78 is 5.13. The molecular weight excluding hydrogens is 300 g/mol. The summed E-state index contributed by atoms with van der Waals surface area (Å²) in [5.74, 6) is 1.19.